The van der Waals surface area contributed by atoms with Gasteiger partial charge in [-0.2, -0.15) is 4.98 Å². The van der Waals surface area contributed by atoms with Gasteiger partial charge in [-0.3, -0.25) is 4.79 Å². The molecule has 1 aromatic heterocycles. The van der Waals surface area contributed by atoms with Crippen molar-refractivity contribution < 1.29 is 9.53 Å². The van der Waals surface area contributed by atoms with Gasteiger partial charge in [0.25, 0.3) is 0 Å². The molecule has 0 fully saturated rings. The maximum atomic E-state index is 12.4. The van der Waals surface area contributed by atoms with E-state index in [0.29, 0.717) is 31.0 Å². The molecule has 0 radical (unpaired) electrons. The predicted octanol–water partition coefficient (Wildman–Crippen LogP) is 4.61. The van der Waals surface area contributed by atoms with Crippen LogP contribution < -0.4 is 10.6 Å². The number of carbonyl (C=O) groups is 1. The number of rotatable bonds is 8. The Morgan fingerprint density at radius 1 is 1.26 bits per heavy atom. The molecule has 2 atom stereocenters. The van der Waals surface area contributed by atoms with Gasteiger partial charge in [0.1, 0.15) is 11.9 Å². The van der Waals surface area contributed by atoms with E-state index in [4.69, 9.17) is 16.3 Å². The third-order valence-corrected chi connectivity index (χ3v) is 4.48. The summed E-state index contributed by atoms with van der Waals surface area (Å²) in [6, 6.07) is 9.64. The predicted molar refractivity (Wildman–Crippen MR) is 125 cm³/mol. The molecule has 1 aromatic carbocycles. The first-order valence-corrected chi connectivity index (χ1v) is 10.8. The molecule has 0 aliphatic heterocycles. The molecular weight excluding hydrogens is 412 g/mol. The maximum absolute atomic E-state index is 12.4. The number of nitrogens with one attached hydrogen (secondary N) is 2. The van der Waals surface area contributed by atoms with Crippen molar-refractivity contribution in [3.63, 3.8) is 0 Å². The molecule has 2 rings (SSSR count). The molecule has 0 saturated heterocycles. The Bertz CT molecular complexity index is 917. The van der Waals surface area contributed by atoms with Gasteiger partial charge < -0.3 is 15.4 Å². The van der Waals surface area contributed by atoms with Gasteiger partial charge in [-0.1, -0.05) is 62.9 Å². The van der Waals surface area contributed by atoms with E-state index < -0.39 is 0 Å². The molecule has 0 saturated carbocycles. The molecule has 6 nitrogen and oxygen atoms in total. The van der Waals surface area contributed by atoms with Crippen LogP contribution in [0.4, 0.5) is 5.82 Å². The van der Waals surface area contributed by atoms with Gasteiger partial charge in [0.2, 0.25) is 11.2 Å². The first-order chi connectivity index (χ1) is 14.7. The van der Waals surface area contributed by atoms with Crippen molar-refractivity contribution >= 4 is 23.3 Å². The normalized spacial score (nSPS) is 13.0. The second kappa shape index (κ2) is 11.7. The average molecular weight is 443 g/mol. The number of carbonyl (C=O) groups excluding carboxylic acids is 1. The lowest BCUT2D eigenvalue weighted by molar-refractivity contribution is -0.122. The smallest absolute Gasteiger partial charge is 0.224 e. The van der Waals surface area contributed by atoms with Gasteiger partial charge in [-0.15, -0.1) is 0 Å². The quantitative estimate of drug-likeness (QED) is 0.461. The van der Waals surface area contributed by atoms with Crippen LogP contribution in [0.15, 0.2) is 36.5 Å². The van der Waals surface area contributed by atoms with Crippen molar-refractivity contribution in [3.05, 3.63) is 52.9 Å². The number of benzene rings is 1. The van der Waals surface area contributed by atoms with Crippen LogP contribution in [0, 0.1) is 17.3 Å². The van der Waals surface area contributed by atoms with E-state index in [1.54, 1.807) is 6.20 Å². The number of halogens is 1. The molecular formula is C24H31ClN4O2. The van der Waals surface area contributed by atoms with Crippen LogP contribution in [-0.2, 0) is 9.53 Å². The fraction of sp³-hybridized carbons (Fsp3) is 0.458. The zero-order valence-electron chi connectivity index (χ0n) is 18.8. The molecule has 1 amide bonds. The average Bonchev–Trinajstić information content (AvgIpc) is 2.70. The molecule has 31 heavy (non-hydrogen) atoms. The Labute approximate surface area is 190 Å². The van der Waals surface area contributed by atoms with Crippen molar-refractivity contribution in [1.82, 2.24) is 15.3 Å². The van der Waals surface area contributed by atoms with Gasteiger partial charge in [-0.05, 0) is 36.4 Å². The minimum atomic E-state index is -0.221. The van der Waals surface area contributed by atoms with Gasteiger partial charge in [0, 0.05) is 25.8 Å². The summed E-state index contributed by atoms with van der Waals surface area (Å²) in [5.74, 6) is 6.62. The summed E-state index contributed by atoms with van der Waals surface area (Å²) in [6.45, 7) is 10.9. The summed E-state index contributed by atoms with van der Waals surface area (Å²) >= 11 is 6.05. The molecule has 7 heteroatoms. The number of hydrogen-bond donors (Lipinski definition) is 2. The number of hydrogen-bond acceptors (Lipinski definition) is 5. The van der Waals surface area contributed by atoms with Crippen LogP contribution in [0.5, 0.6) is 0 Å². The second-order valence-electron chi connectivity index (χ2n) is 8.42. The summed E-state index contributed by atoms with van der Waals surface area (Å²) in [7, 11) is 0. The van der Waals surface area contributed by atoms with E-state index in [9.17, 15) is 4.79 Å². The minimum Gasteiger partial charge on any atom is -0.366 e. The topological polar surface area (TPSA) is 76.1 Å². The van der Waals surface area contributed by atoms with Crippen molar-refractivity contribution in [1.29, 1.82) is 0 Å². The Morgan fingerprint density at radius 2 is 1.97 bits per heavy atom. The zero-order chi connectivity index (χ0) is 22.9. The molecule has 0 aliphatic rings. The molecule has 166 valence electrons. The first kappa shape index (κ1) is 24.6. The van der Waals surface area contributed by atoms with Gasteiger partial charge in [0.05, 0.1) is 11.6 Å². The van der Waals surface area contributed by atoms with Gasteiger partial charge in [-0.25, -0.2) is 4.98 Å². The fourth-order valence-electron chi connectivity index (χ4n) is 2.90. The molecule has 0 aliphatic carbocycles. The summed E-state index contributed by atoms with van der Waals surface area (Å²) in [5.41, 5.74) is 1.53. The Morgan fingerprint density at radius 3 is 2.61 bits per heavy atom. The zero-order valence-corrected chi connectivity index (χ0v) is 19.6. The van der Waals surface area contributed by atoms with E-state index in [0.717, 1.165) is 5.56 Å². The highest BCUT2D eigenvalue weighted by molar-refractivity contribution is 6.28. The highest BCUT2D eigenvalue weighted by Gasteiger charge is 2.19. The first-order valence-electron chi connectivity index (χ1n) is 10.4. The van der Waals surface area contributed by atoms with Crippen LogP contribution in [0.25, 0.3) is 0 Å². The molecule has 1 unspecified atom stereocenters. The van der Waals surface area contributed by atoms with Crippen LogP contribution in [0.2, 0.25) is 5.28 Å². The summed E-state index contributed by atoms with van der Waals surface area (Å²) < 4.78 is 5.47. The van der Waals surface area contributed by atoms with Crippen molar-refractivity contribution in [2.75, 3.05) is 18.5 Å². The standard InChI is InChI=1S/C24H31ClN4O2/c1-6-31-17(2)12-13-19-15-27-23(25)29-22(19)28-20(18-10-8-7-9-11-18)16-26-21(30)14-24(3,4)5/h7-11,15,17,20H,6,14,16H2,1-5H3,(H,26,30)(H,27,28,29)/t17?,20-/m1/s1. The molecule has 0 bridgehead atoms. The maximum Gasteiger partial charge on any atom is 0.224 e. The van der Waals surface area contributed by atoms with Gasteiger partial charge >= 0.3 is 0 Å². The molecule has 2 N–H and O–H groups in total. The van der Waals surface area contributed by atoms with Gasteiger partial charge in [0.15, 0.2) is 0 Å². The number of amides is 1. The summed E-state index contributed by atoms with van der Waals surface area (Å²) in [6.07, 6.45) is 1.82. The number of anilines is 1. The molecule has 1 heterocycles. The van der Waals surface area contributed by atoms with Crippen LogP contribution in [0.3, 0.4) is 0 Å². The molecule has 0 spiro atoms. The third kappa shape index (κ3) is 8.95. The minimum absolute atomic E-state index is 0.00139. The number of ether oxygens (including phenoxy) is 1. The largest absolute Gasteiger partial charge is 0.366 e. The Kier molecular flexibility index (Phi) is 9.29. The van der Waals surface area contributed by atoms with E-state index in [-0.39, 0.29) is 28.8 Å². The van der Waals surface area contributed by atoms with Crippen molar-refractivity contribution in [2.45, 2.75) is 53.2 Å². The van der Waals surface area contributed by atoms with Crippen molar-refractivity contribution in [2.24, 2.45) is 5.41 Å². The monoisotopic (exact) mass is 442 g/mol. The Hall–Kier alpha value is -2.62. The molecule has 2 aromatic rings. The summed E-state index contributed by atoms with van der Waals surface area (Å²) in [5, 5.41) is 6.53. The van der Waals surface area contributed by atoms with E-state index in [1.165, 1.54) is 0 Å². The van der Waals surface area contributed by atoms with Crippen LogP contribution in [-0.4, -0.2) is 35.1 Å². The van der Waals surface area contributed by atoms with E-state index in [1.807, 2.05) is 65.0 Å². The van der Waals surface area contributed by atoms with E-state index >= 15 is 0 Å². The number of aromatic nitrogens is 2. The van der Waals surface area contributed by atoms with Crippen LogP contribution in [0.1, 0.15) is 58.2 Å². The lowest BCUT2D eigenvalue weighted by Gasteiger charge is -2.23. The van der Waals surface area contributed by atoms with Crippen LogP contribution >= 0.6 is 11.6 Å². The van der Waals surface area contributed by atoms with Crippen molar-refractivity contribution in [3.8, 4) is 11.8 Å². The SMILES string of the molecule is CCOC(C)C#Cc1cnc(Cl)nc1N[C@H](CNC(=O)CC(C)(C)C)c1ccccc1. The lowest BCUT2D eigenvalue weighted by Crippen LogP contribution is -2.33. The Balaban J connectivity index is 2.26. The van der Waals surface area contributed by atoms with E-state index in [2.05, 4.69) is 32.4 Å². The lowest BCUT2D eigenvalue weighted by atomic mass is 9.92. The third-order valence-electron chi connectivity index (χ3n) is 4.29. The second-order valence-corrected chi connectivity index (χ2v) is 8.76. The highest BCUT2D eigenvalue weighted by Crippen LogP contribution is 2.22. The number of nitrogens with zero attached hydrogens (tertiary/aromatic N) is 2. The summed E-state index contributed by atoms with van der Waals surface area (Å²) in [4.78, 5) is 20.8. The highest BCUT2D eigenvalue weighted by atomic mass is 35.5. The fourth-order valence-corrected chi connectivity index (χ4v) is 3.03.